The molecular formula is C17H19N3O4S. The lowest BCUT2D eigenvalue weighted by Gasteiger charge is -2.34. The number of aromatic nitrogens is 1. The van der Waals surface area contributed by atoms with Gasteiger partial charge in [0, 0.05) is 32.4 Å². The number of hydrogen-bond acceptors (Lipinski definition) is 6. The van der Waals surface area contributed by atoms with Gasteiger partial charge >= 0.3 is 5.97 Å². The van der Waals surface area contributed by atoms with Gasteiger partial charge in [0.1, 0.15) is 5.82 Å². The van der Waals surface area contributed by atoms with Crippen molar-refractivity contribution >= 4 is 21.8 Å². The first-order valence-corrected chi connectivity index (χ1v) is 9.31. The van der Waals surface area contributed by atoms with Gasteiger partial charge in [-0.25, -0.2) is 18.2 Å². The molecule has 0 radical (unpaired) electrons. The Kier molecular flexibility index (Phi) is 5.00. The van der Waals surface area contributed by atoms with Crippen molar-refractivity contribution < 1.29 is 17.9 Å². The lowest BCUT2D eigenvalue weighted by atomic mass is 10.2. The zero-order valence-corrected chi connectivity index (χ0v) is 14.6. The molecule has 0 unspecified atom stereocenters. The zero-order valence-electron chi connectivity index (χ0n) is 13.8. The Morgan fingerprint density at radius 1 is 1.04 bits per heavy atom. The molecule has 0 aliphatic carbocycles. The highest BCUT2D eigenvalue weighted by molar-refractivity contribution is 7.89. The van der Waals surface area contributed by atoms with Crippen LogP contribution in [0.15, 0.2) is 53.6 Å². The van der Waals surface area contributed by atoms with Crippen molar-refractivity contribution in [1.82, 2.24) is 9.29 Å². The van der Waals surface area contributed by atoms with Gasteiger partial charge in [0.25, 0.3) is 0 Å². The molecule has 7 nitrogen and oxygen atoms in total. The molecule has 8 heteroatoms. The third-order valence-corrected chi connectivity index (χ3v) is 6.04. The highest BCUT2D eigenvalue weighted by Gasteiger charge is 2.29. The standard InChI is InChI=1S/C17H19N3O4S/c1-24-17(21)14-5-7-15(8-6-14)25(22,23)20-12-10-19(11-13-20)16-4-2-3-9-18-16/h2-9H,10-13H2,1H3. The summed E-state index contributed by atoms with van der Waals surface area (Å²) >= 11 is 0. The second kappa shape index (κ2) is 7.20. The van der Waals surface area contributed by atoms with Gasteiger partial charge in [0.05, 0.1) is 17.6 Å². The van der Waals surface area contributed by atoms with Gasteiger partial charge in [0.15, 0.2) is 0 Å². The number of piperazine rings is 1. The summed E-state index contributed by atoms with van der Waals surface area (Å²) in [7, 11) is -2.30. The minimum absolute atomic E-state index is 0.173. The van der Waals surface area contributed by atoms with Crippen LogP contribution >= 0.6 is 0 Å². The van der Waals surface area contributed by atoms with Gasteiger partial charge in [-0.2, -0.15) is 4.31 Å². The molecule has 132 valence electrons. The molecule has 0 spiro atoms. The summed E-state index contributed by atoms with van der Waals surface area (Å²) < 4.78 is 31.6. The van der Waals surface area contributed by atoms with Crippen LogP contribution in [0, 0.1) is 0 Å². The fourth-order valence-corrected chi connectivity index (χ4v) is 4.15. The number of benzene rings is 1. The maximum absolute atomic E-state index is 12.8. The van der Waals surface area contributed by atoms with Crippen molar-refractivity contribution in [3.63, 3.8) is 0 Å². The average Bonchev–Trinajstić information content (AvgIpc) is 2.68. The fourth-order valence-electron chi connectivity index (χ4n) is 2.73. The second-order valence-corrected chi connectivity index (χ2v) is 7.53. The first kappa shape index (κ1) is 17.4. The van der Waals surface area contributed by atoms with Crippen LogP contribution in [0.3, 0.4) is 0 Å². The highest BCUT2D eigenvalue weighted by atomic mass is 32.2. The van der Waals surface area contributed by atoms with Crippen LogP contribution in [0.5, 0.6) is 0 Å². The topological polar surface area (TPSA) is 79.8 Å². The summed E-state index contributed by atoms with van der Waals surface area (Å²) in [6.45, 7) is 1.93. The van der Waals surface area contributed by atoms with Crippen LogP contribution in [0.1, 0.15) is 10.4 Å². The lowest BCUT2D eigenvalue weighted by molar-refractivity contribution is 0.0600. The van der Waals surface area contributed by atoms with E-state index in [-0.39, 0.29) is 4.90 Å². The molecule has 0 saturated carbocycles. The van der Waals surface area contributed by atoms with Crippen LogP contribution in [0.25, 0.3) is 0 Å². The van der Waals surface area contributed by atoms with E-state index in [2.05, 4.69) is 14.6 Å². The van der Waals surface area contributed by atoms with E-state index in [0.29, 0.717) is 31.7 Å². The monoisotopic (exact) mass is 361 g/mol. The number of sulfonamides is 1. The largest absolute Gasteiger partial charge is 0.465 e. The van der Waals surface area contributed by atoms with E-state index in [0.717, 1.165) is 5.82 Å². The second-order valence-electron chi connectivity index (χ2n) is 5.60. The number of pyridine rings is 1. The molecule has 1 fully saturated rings. The number of ether oxygens (including phenoxy) is 1. The molecule has 2 aromatic rings. The molecule has 25 heavy (non-hydrogen) atoms. The molecule has 1 aromatic carbocycles. The van der Waals surface area contributed by atoms with Crippen molar-refractivity contribution in [3.8, 4) is 0 Å². The summed E-state index contributed by atoms with van der Waals surface area (Å²) in [6, 6.07) is 11.5. The maximum atomic E-state index is 12.8. The zero-order chi connectivity index (χ0) is 17.9. The number of nitrogens with zero attached hydrogens (tertiary/aromatic N) is 3. The Morgan fingerprint density at radius 2 is 1.72 bits per heavy atom. The van der Waals surface area contributed by atoms with Crippen molar-refractivity contribution in [3.05, 3.63) is 54.2 Å². The Labute approximate surface area is 146 Å². The van der Waals surface area contributed by atoms with E-state index in [9.17, 15) is 13.2 Å². The van der Waals surface area contributed by atoms with Crippen molar-refractivity contribution in [1.29, 1.82) is 0 Å². The predicted molar refractivity (Wildman–Crippen MR) is 93.0 cm³/mol. The minimum atomic E-state index is -3.58. The predicted octanol–water partition coefficient (Wildman–Crippen LogP) is 1.38. The minimum Gasteiger partial charge on any atom is -0.465 e. The number of methoxy groups -OCH3 is 1. The highest BCUT2D eigenvalue weighted by Crippen LogP contribution is 2.20. The van der Waals surface area contributed by atoms with E-state index in [1.165, 1.54) is 35.7 Å². The number of carbonyl (C=O) groups is 1. The summed E-state index contributed by atoms with van der Waals surface area (Å²) in [6.07, 6.45) is 1.72. The van der Waals surface area contributed by atoms with Gasteiger partial charge in [-0.15, -0.1) is 0 Å². The number of carbonyl (C=O) groups excluding carboxylic acids is 1. The average molecular weight is 361 g/mol. The lowest BCUT2D eigenvalue weighted by Crippen LogP contribution is -2.48. The van der Waals surface area contributed by atoms with Gasteiger partial charge in [-0.3, -0.25) is 0 Å². The van der Waals surface area contributed by atoms with E-state index in [1.54, 1.807) is 6.20 Å². The van der Waals surface area contributed by atoms with Crippen molar-refractivity contribution in [2.24, 2.45) is 0 Å². The molecule has 0 atom stereocenters. The maximum Gasteiger partial charge on any atom is 0.337 e. The first-order valence-electron chi connectivity index (χ1n) is 7.87. The molecule has 1 aliphatic heterocycles. The molecular weight excluding hydrogens is 342 g/mol. The van der Waals surface area contributed by atoms with Gasteiger partial charge < -0.3 is 9.64 Å². The number of anilines is 1. The Bertz CT molecular complexity index is 830. The van der Waals surface area contributed by atoms with E-state index in [1.807, 2.05) is 18.2 Å². The molecule has 0 bridgehead atoms. The van der Waals surface area contributed by atoms with Crippen LogP contribution in [0.4, 0.5) is 5.82 Å². The summed E-state index contributed by atoms with van der Waals surface area (Å²) in [5.41, 5.74) is 0.321. The number of esters is 1. The number of hydrogen-bond donors (Lipinski definition) is 0. The molecule has 0 amide bonds. The Balaban J connectivity index is 1.70. The molecule has 1 saturated heterocycles. The van der Waals surface area contributed by atoms with Gasteiger partial charge in [-0.05, 0) is 36.4 Å². The van der Waals surface area contributed by atoms with Crippen LogP contribution in [0.2, 0.25) is 0 Å². The van der Waals surface area contributed by atoms with Crippen LogP contribution < -0.4 is 4.90 Å². The van der Waals surface area contributed by atoms with Crippen molar-refractivity contribution in [2.75, 3.05) is 38.2 Å². The molecule has 1 aromatic heterocycles. The van der Waals surface area contributed by atoms with E-state index in [4.69, 9.17) is 0 Å². The van der Waals surface area contributed by atoms with Crippen LogP contribution in [-0.2, 0) is 14.8 Å². The third-order valence-electron chi connectivity index (χ3n) is 4.13. The van der Waals surface area contributed by atoms with E-state index < -0.39 is 16.0 Å². The molecule has 2 heterocycles. The molecule has 0 N–H and O–H groups in total. The Morgan fingerprint density at radius 3 is 2.28 bits per heavy atom. The van der Waals surface area contributed by atoms with Gasteiger partial charge in [0.2, 0.25) is 10.0 Å². The normalized spacial score (nSPS) is 15.8. The molecule has 1 aliphatic rings. The third kappa shape index (κ3) is 3.64. The molecule has 3 rings (SSSR count). The fraction of sp³-hybridized carbons (Fsp3) is 0.294. The smallest absolute Gasteiger partial charge is 0.337 e. The van der Waals surface area contributed by atoms with Crippen LogP contribution in [-0.4, -0.2) is 57.0 Å². The summed E-state index contributed by atoms with van der Waals surface area (Å²) in [5.74, 6) is 0.356. The Hall–Kier alpha value is -2.45. The number of rotatable bonds is 4. The van der Waals surface area contributed by atoms with E-state index >= 15 is 0 Å². The summed E-state index contributed by atoms with van der Waals surface area (Å²) in [4.78, 5) is 18.0. The van der Waals surface area contributed by atoms with Gasteiger partial charge in [-0.1, -0.05) is 6.07 Å². The van der Waals surface area contributed by atoms with Crippen molar-refractivity contribution in [2.45, 2.75) is 4.90 Å². The SMILES string of the molecule is COC(=O)c1ccc(S(=O)(=O)N2CCN(c3ccccn3)CC2)cc1. The summed E-state index contributed by atoms with van der Waals surface area (Å²) in [5, 5.41) is 0. The quantitative estimate of drug-likeness (QED) is 0.766. The first-order chi connectivity index (χ1) is 12.0.